The van der Waals surface area contributed by atoms with Gasteiger partial charge >= 0.3 is 181 Å². The van der Waals surface area contributed by atoms with Gasteiger partial charge in [0.15, 0.2) is 0 Å². The first-order valence-electron chi connectivity index (χ1n) is 6.39. The van der Waals surface area contributed by atoms with Crippen LogP contribution in [-0.2, 0) is 0 Å². The number of hydrogen-bond acceptors (Lipinski definition) is 7. The van der Waals surface area contributed by atoms with E-state index in [1.54, 1.807) is 27.0 Å². The van der Waals surface area contributed by atoms with Crippen LogP contribution in [0.3, 0.4) is 0 Å². The van der Waals surface area contributed by atoms with Crippen molar-refractivity contribution in [2.45, 2.75) is 0 Å². The quantitative estimate of drug-likeness (QED) is 0.351. The van der Waals surface area contributed by atoms with Gasteiger partial charge in [0.1, 0.15) is 0 Å². The summed E-state index contributed by atoms with van der Waals surface area (Å²) >= 11 is 14.9. The molecule has 4 heterocycles. The normalized spacial score (nSPS) is 23.9. The van der Waals surface area contributed by atoms with Crippen molar-refractivity contribution in [2.24, 2.45) is 0 Å². The van der Waals surface area contributed by atoms with E-state index >= 15 is 0 Å². The van der Waals surface area contributed by atoms with Crippen LogP contribution in [0.15, 0.2) is 56.5 Å². The van der Waals surface area contributed by atoms with Crippen LogP contribution in [0.5, 0.6) is 0 Å². The van der Waals surface area contributed by atoms with Gasteiger partial charge in [0.2, 0.25) is 0 Å². The molecule has 0 nitrogen and oxygen atoms in total. The Labute approximate surface area is 179 Å². The van der Waals surface area contributed by atoms with Crippen LogP contribution in [0.25, 0.3) is 0 Å². The van der Waals surface area contributed by atoms with Crippen molar-refractivity contribution in [2.75, 3.05) is 12.5 Å². The molecular formula is C14H10S7Se2. The molecule has 0 amide bonds. The zero-order valence-electron chi connectivity index (χ0n) is 12.0. The minimum atomic E-state index is 0.579. The average molecular weight is 561 g/mol. The van der Waals surface area contributed by atoms with Gasteiger partial charge in [-0.1, -0.05) is 0 Å². The Kier molecular flexibility index (Phi) is 6.60. The van der Waals surface area contributed by atoms with Gasteiger partial charge in [-0.05, 0) is 0 Å². The van der Waals surface area contributed by atoms with Gasteiger partial charge in [-0.15, -0.1) is 0 Å². The molecule has 0 aromatic heterocycles. The summed E-state index contributed by atoms with van der Waals surface area (Å²) < 4.78 is 11.2. The van der Waals surface area contributed by atoms with Crippen molar-refractivity contribution in [1.29, 1.82) is 0 Å². The first-order valence-corrected chi connectivity index (χ1v) is 16.5. The monoisotopic (exact) mass is 562 g/mol. The third kappa shape index (κ3) is 3.96. The molecule has 0 N–H and O–H groups in total. The van der Waals surface area contributed by atoms with Gasteiger partial charge in [0.05, 0.1) is 0 Å². The predicted molar refractivity (Wildman–Crippen MR) is 123 cm³/mol. The third-order valence-corrected chi connectivity index (χ3v) is 20.9. The Morgan fingerprint density at radius 3 is 1.78 bits per heavy atom. The second-order valence-corrected chi connectivity index (χ2v) is 18.6. The van der Waals surface area contributed by atoms with E-state index in [1.807, 2.05) is 70.6 Å². The molecule has 0 aliphatic carbocycles. The molecule has 0 spiro atoms. The number of rotatable bonds is 2. The van der Waals surface area contributed by atoms with Crippen molar-refractivity contribution in [3.8, 4) is 0 Å². The topological polar surface area (TPSA) is 0 Å². The molecule has 0 bridgehead atoms. The fraction of sp³-hybridized carbons (Fsp3) is 0.143. The standard InChI is InChI=1S/C14H10S7Se2/c1-15-12-13(16-2)23-14(22-12)11-20-9-10(21-11)19-8(18-9)7-3-5-17-6-4-7/h3-6H,1-2H3. The molecule has 0 aromatic rings. The van der Waals surface area contributed by atoms with Crippen LogP contribution in [0.4, 0.5) is 0 Å². The second kappa shape index (κ2) is 8.30. The summed E-state index contributed by atoms with van der Waals surface area (Å²) in [6.45, 7) is 0. The van der Waals surface area contributed by atoms with Gasteiger partial charge in [0.25, 0.3) is 0 Å². The molecule has 9 heteroatoms. The van der Waals surface area contributed by atoms with Gasteiger partial charge in [-0.25, -0.2) is 0 Å². The summed E-state index contributed by atoms with van der Waals surface area (Å²) in [7, 11) is 0. The van der Waals surface area contributed by atoms with Crippen LogP contribution >= 0.6 is 82.3 Å². The minimum absolute atomic E-state index is 0.579. The first-order chi connectivity index (χ1) is 11.3. The molecule has 0 saturated heterocycles. The first kappa shape index (κ1) is 18.3. The summed E-state index contributed by atoms with van der Waals surface area (Å²) in [5, 5.41) is 4.34. The average Bonchev–Trinajstić information content (AvgIpc) is 3.27. The fourth-order valence-electron chi connectivity index (χ4n) is 1.86. The summed E-state index contributed by atoms with van der Waals surface area (Å²) in [6.07, 6.45) is 8.94. The van der Waals surface area contributed by atoms with Crippen molar-refractivity contribution in [3.05, 3.63) is 56.5 Å². The molecule has 0 aromatic carbocycles. The Bertz CT molecular complexity index is 688. The van der Waals surface area contributed by atoms with E-state index < -0.39 is 0 Å². The van der Waals surface area contributed by atoms with Gasteiger partial charge < -0.3 is 0 Å². The van der Waals surface area contributed by atoms with E-state index in [9.17, 15) is 0 Å². The molecule has 0 unspecified atom stereocenters. The SMILES string of the molecule is CSC1=C(SC)[Se]C(=C2SC3=C(SC(=C4C=CSC=C4)S3)S2)[Se]1. The van der Waals surface area contributed by atoms with Gasteiger partial charge in [-0.3, -0.25) is 0 Å². The predicted octanol–water partition coefficient (Wildman–Crippen LogP) is 6.46. The number of allylic oxidation sites excluding steroid dienone is 3. The maximum absolute atomic E-state index is 2.24. The fourth-order valence-corrected chi connectivity index (χ4v) is 20.6. The Hall–Kier alpha value is 1.93. The summed E-state index contributed by atoms with van der Waals surface area (Å²) in [4.78, 5) is 0. The third-order valence-electron chi connectivity index (χ3n) is 2.87. The Morgan fingerprint density at radius 1 is 0.739 bits per heavy atom. The van der Waals surface area contributed by atoms with Crippen molar-refractivity contribution in [3.63, 3.8) is 0 Å². The molecule has 4 aliphatic heterocycles. The molecule has 0 saturated carbocycles. The van der Waals surface area contributed by atoms with E-state index in [2.05, 4.69) is 35.5 Å². The van der Waals surface area contributed by atoms with Crippen LogP contribution in [-0.4, -0.2) is 42.4 Å². The van der Waals surface area contributed by atoms with Crippen molar-refractivity contribution >= 4 is 112 Å². The van der Waals surface area contributed by atoms with Gasteiger partial charge in [0, 0.05) is 0 Å². The van der Waals surface area contributed by atoms with E-state index in [4.69, 9.17) is 0 Å². The Balaban J connectivity index is 1.48. The maximum atomic E-state index is 2.24. The summed E-state index contributed by atoms with van der Waals surface area (Å²) in [6, 6.07) is 0. The zero-order chi connectivity index (χ0) is 15.8. The summed E-state index contributed by atoms with van der Waals surface area (Å²) in [5.41, 5.74) is 1.37. The van der Waals surface area contributed by atoms with Crippen LogP contribution in [0, 0.1) is 0 Å². The summed E-state index contributed by atoms with van der Waals surface area (Å²) in [5.74, 6) is 0. The zero-order valence-corrected chi connectivity index (χ0v) is 21.1. The van der Waals surface area contributed by atoms with E-state index in [-0.39, 0.29) is 0 Å². The molecule has 4 rings (SSSR count). The van der Waals surface area contributed by atoms with Crippen molar-refractivity contribution in [1.82, 2.24) is 0 Å². The van der Waals surface area contributed by atoms with Gasteiger partial charge in [-0.2, -0.15) is 0 Å². The van der Waals surface area contributed by atoms with Crippen molar-refractivity contribution < 1.29 is 0 Å². The van der Waals surface area contributed by atoms with Crippen LogP contribution < -0.4 is 0 Å². The molecular weight excluding hydrogens is 551 g/mol. The molecule has 0 atom stereocenters. The Morgan fingerprint density at radius 2 is 1.26 bits per heavy atom. The number of thioether (sulfide) groups is 7. The number of hydrogen-bond donors (Lipinski definition) is 0. The molecule has 23 heavy (non-hydrogen) atoms. The molecule has 4 aliphatic rings. The van der Waals surface area contributed by atoms with E-state index in [0.717, 1.165) is 0 Å². The van der Waals surface area contributed by atoms with E-state index in [1.165, 1.54) is 18.3 Å². The molecule has 0 fully saturated rings. The molecule has 120 valence electrons. The second-order valence-electron chi connectivity index (χ2n) is 4.23. The van der Waals surface area contributed by atoms with Crippen LogP contribution in [0.2, 0.25) is 0 Å². The van der Waals surface area contributed by atoms with Crippen LogP contribution in [0.1, 0.15) is 0 Å². The van der Waals surface area contributed by atoms with E-state index in [0.29, 0.717) is 29.9 Å². The molecule has 0 radical (unpaired) electrons.